The Balaban J connectivity index is 2.21. The number of rotatable bonds is 3. The van der Waals surface area contributed by atoms with E-state index in [0.29, 0.717) is 11.1 Å². The van der Waals surface area contributed by atoms with Crippen molar-refractivity contribution < 1.29 is 23.0 Å². The number of alkyl halides is 3. The first-order valence-corrected chi connectivity index (χ1v) is 6.28. The highest BCUT2D eigenvalue weighted by Gasteiger charge is 2.31. The zero-order valence-electron chi connectivity index (χ0n) is 11.3. The van der Waals surface area contributed by atoms with Crippen molar-refractivity contribution in [2.24, 2.45) is 5.73 Å². The van der Waals surface area contributed by atoms with Crippen molar-refractivity contribution >= 4 is 11.4 Å². The third-order valence-corrected chi connectivity index (χ3v) is 2.96. The number of halogens is 3. The van der Waals surface area contributed by atoms with Crippen LogP contribution in [0.4, 0.5) is 13.2 Å². The molecule has 0 spiro atoms. The summed E-state index contributed by atoms with van der Waals surface area (Å²) in [4.78, 5) is 1.37. The molecule has 1 aromatic carbocycles. The second-order valence-corrected chi connectivity index (χ2v) is 4.52. The normalized spacial score (nSPS) is 18.1. The number of aliphatic hydroxyl groups excluding tert-OH is 1. The Morgan fingerprint density at radius 1 is 1.32 bits per heavy atom. The van der Waals surface area contributed by atoms with Gasteiger partial charge >= 0.3 is 6.36 Å². The van der Waals surface area contributed by atoms with Crippen LogP contribution in [0.1, 0.15) is 5.56 Å². The Morgan fingerprint density at radius 2 is 1.95 bits per heavy atom. The summed E-state index contributed by atoms with van der Waals surface area (Å²) in [6, 6.07) is 5.34. The van der Waals surface area contributed by atoms with Gasteiger partial charge in [0.2, 0.25) is 0 Å². The molecule has 1 atom stereocenters. The third-order valence-electron chi connectivity index (χ3n) is 2.96. The number of amidine groups is 1. The van der Waals surface area contributed by atoms with Crippen LogP contribution in [0.15, 0.2) is 42.6 Å². The smallest absolute Gasteiger partial charge is 0.406 e. The molecular weight excluding hydrogens is 299 g/mol. The maximum Gasteiger partial charge on any atom is 0.573 e. The molecule has 118 valence electrons. The zero-order valence-corrected chi connectivity index (χ0v) is 11.3. The van der Waals surface area contributed by atoms with Crippen LogP contribution >= 0.6 is 0 Å². The van der Waals surface area contributed by atoms with Crippen molar-refractivity contribution in [3.63, 3.8) is 0 Å². The molecule has 4 N–H and O–H groups in total. The standard InChI is InChI=1S/C14H14F3N3O2/c15-14(16,17)22-11-4-1-9(2-5-11)10-3-6-12(18)20(7-10)13(19)8-21/h1-7,12,19,21H,8,18H2. The van der Waals surface area contributed by atoms with Gasteiger partial charge < -0.3 is 20.5 Å². The SMILES string of the molecule is N=C(CO)N1C=C(c2ccc(OC(F)(F)F)cc2)C=CC1N. The number of nitrogens with two attached hydrogens (primary N) is 1. The number of benzene rings is 1. The van der Waals surface area contributed by atoms with Crippen molar-refractivity contribution in [1.82, 2.24) is 4.90 Å². The second kappa shape index (κ2) is 6.20. The van der Waals surface area contributed by atoms with Gasteiger partial charge in [-0.15, -0.1) is 13.2 Å². The largest absolute Gasteiger partial charge is 0.573 e. The number of hydrogen-bond donors (Lipinski definition) is 3. The van der Waals surface area contributed by atoms with E-state index >= 15 is 0 Å². The number of hydrogen-bond acceptors (Lipinski definition) is 4. The lowest BCUT2D eigenvalue weighted by atomic mass is 10.0. The summed E-state index contributed by atoms with van der Waals surface area (Å²) in [5.41, 5.74) is 7.07. The predicted octanol–water partition coefficient (Wildman–Crippen LogP) is 2.05. The van der Waals surface area contributed by atoms with E-state index in [9.17, 15) is 13.2 Å². The van der Waals surface area contributed by atoms with E-state index in [2.05, 4.69) is 4.74 Å². The molecule has 1 unspecified atom stereocenters. The molecule has 22 heavy (non-hydrogen) atoms. The van der Waals surface area contributed by atoms with E-state index in [1.54, 1.807) is 18.4 Å². The van der Waals surface area contributed by atoms with Crippen molar-refractivity contribution in [2.45, 2.75) is 12.5 Å². The van der Waals surface area contributed by atoms with Gasteiger partial charge in [-0.2, -0.15) is 0 Å². The van der Waals surface area contributed by atoms with E-state index in [4.69, 9.17) is 16.2 Å². The molecule has 1 aliphatic rings. The fourth-order valence-corrected chi connectivity index (χ4v) is 1.93. The fourth-order valence-electron chi connectivity index (χ4n) is 1.93. The lowest BCUT2D eigenvalue weighted by molar-refractivity contribution is -0.274. The number of ether oxygens (including phenoxy) is 1. The predicted molar refractivity (Wildman–Crippen MR) is 74.9 cm³/mol. The third kappa shape index (κ3) is 3.86. The molecule has 1 heterocycles. The van der Waals surface area contributed by atoms with Gasteiger partial charge in [-0.05, 0) is 29.3 Å². The maximum atomic E-state index is 12.1. The van der Waals surface area contributed by atoms with E-state index in [1.165, 1.54) is 29.2 Å². The number of nitrogens with one attached hydrogen (secondary N) is 1. The van der Waals surface area contributed by atoms with Gasteiger partial charge in [-0.1, -0.05) is 18.2 Å². The van der Waals surface area contributed by atoms with Crippen molar-refractivity contribution in [1.29, 1.82) is 5.41 Å². The van der Waals surface area contributed by atoms with E-state index in [-0.39, 0.29) is 11.6 Å². The first kappa shape index (κ1) is 16.1. The topological polar surface area (TPSA) is 82.6 Å². The first-order valence-electron chi connectivity index (χ1n) is 6.28. The van der Waals surface area contributed by atoms with Gasteiger partial charge in [0.05, 0.1) is 0 Å². The van der Waals surface area contributed by atoms with Crippen LogP contribution in [0.3, 0.4) is 0 Å². The Kier molecular flexibility index (Phi) is 4.53. The van der Waals surface area contributed by atoms with Crippen molar-refractivity contribution in [3.8, 4) is 5.75 Å². The average Bonchev–Trinajstić information content (AvgIpc) is 2.46. The fraction of sp³-hybridized carbons (Fsp3) is 0.214. The Hall–Kier alpha value is -2.32. The zero-order chi connectivity index (χ0) is 16.3. The molecule has 8 heteroatoms. The van der Waals surface area contributed by atoms with Gasteiger partial charge in [0.25, 0.3) is 0 Å². The van der Waals surface area contributed by atoms with Crippen molar-refractivity contribution in [3.05, 3.63) is 48.2 Å². The Bertz CT molecular complexity index is 609. The highest BCUT2D eigenvalue weighted by molar-refractivity contribution is 5.86. The highest BCUT2D eigenvalue weighted by Crippen LogP contribution is 2.26. The molecule has 0 aromatic heterocycles. The Labute approximate surface area is 124 Å². The average molecular weight is 313 g/mol. The summed E-state index contributed by atoms with van der Waals surface area (Å²) < 4.78 is 40.1. The van der Waals surface area contributed by atoms with Crippen LogP contribution in [0.25, 0.3) is 5.57 Å². The molecule has 0 fully saturated rings. The Morgan fingerprint density at radius 3 is 2.50 bits per heavy atom. The quantitative estimate of drug-likeness (QED) is 0.589. The maximum absolute atomic E-state index is 12.1. The second-order valence-electron chi connectivity index (χ2n) is 4.52. The molecule has 5 nitrogen and oxygen atoms in total. The molecule has 0 bridgehead atoms. The van der Waals surface area contributed by atoms with Crippen LogP contribution in [-0.2, 0) is 0 Å². The number of allylic oxidation sites excluding steroid dienone is 2. The summed E-state index contributed by atoms with van der Waals surface area (Å²) in [6.45, 7) is -0.469. The molecule has 0 radical (unpaired) electrons. The summed E-state index contributed by atoms with van der Waals surface area (Å²) in [7, 11) is 0. The summed E-state index contributed by atoms with van der Waals surface area (Å²) in [5.74, 6) is -0.389. The molecule has 0 saturated heterocycles. The molecule has 0 aliphatic carbocycles. The minimum Gasteiger partial charge on any atom is -0.406 e. The van der Waals surface area contributed by atoms with Gasteiger partial charge in [0.1, 0.15) is 24.4 Å². The monoisotopic (exact) mass is 313 g/mol. The molecule has 0 saturated carbocycles. The van der Waals surface area contributed by atoms with Gasteiger partial charge in [0.15, 0.2) is 0 Å². The summed E-state index contributed by atoms with van der Waals surface area (Å²) >= 11 is 0. The molecule has 1 aliphatic heterocycles. The van der Waals surface area contributed by atoms with Gasteiger partial charge in [0, 0.05) is 6.20 Å². The lowest BCUT2D eigenvalue weighted by Gasteiger charge is -2.28. The van der Waals surface area contributed by atoms with Crippen LogP contribution in [0.2, 0.25) is 0 Å². The number of aliphatic hydroxyl groups is 1. The van der Waals surface area contributed by atoms with Crippen LogP contribution in [0, 0.1) is 5.41 Å². The molecular formula is C14H14F3N3O2. The molecule has 1 aromatic rings. The summed E-state index contributed by atoms with van der Waals surface area (Å²) in [6.07, 6.45) is -0.421. The lowest BCUT2D eigenvalue weighted by Crippen LogP contribution is -2.43. The van der Waals surface area contributed by atoms with E-state index in [0.717, 1.165) is 0 Å². The summed E-state index contributed by atoms with van der Waals surface area (Å²) in [5, 5.41) is 16.6. The van der Waals surface area contributed by atoms with Crippen molar-refractivity contribution in [2.75, 3.05) is 6.61 Å². The van der Waals surface area contributed by atoms with Crippen LogP contribution < -0.4 is 10.5 Å². The minimum atomic E-state index is -4.73. The van der Waals surface area contributed by atoms with E-state index < -0.39 is 19.1 Å². The van der Waals surface area contributed by atoms with Crippen LogP contribution in [0.5, 0.6) is 5.75 Å². The van der Waals surface area contributed by atoms with E-state index in [1.807, 2.05) is 0 Å². The molecule has 0 amide bonds. The van der Waals surface area contributed by atoms with Gasteiger partial charge in [-0.25, -0.2) is 0 Å². The first-order chi connectivity index (χ1) is 10.3. The number of nitrogens with zero attached hydrogens (tertiary/aromatic N) is 1. The minimum absolute atomic E-state index is 0.0774. The van der Waals surface area contributed by atoms with Gasteiger partial charge in [-0.3, -0.25) is 5.41 Å². The highest BCUT2D eigenvalue weighted by atomic mass is 19.4. The molecule has 2 rings (SSSR count). The van der Waals surface area contributed by atoms with Crippen LogP contribution in [-0.4, -0.2) is 35.0 Å².